The number of nitrogens with zero attached hydrogens (tertiary/aromatic N) is 1. The van der Waals surface area contributed by atoms with E-state index >= 15 is 0 Å². The smallest absolute Gasteiger partial charge is 0.133 e. The molecule has 2 rings (SSSR count). The third kappa shape index (κ3) is 3.46. The van der Waals surface area contributed by atoms with Crippen LogP contribution in [0.5, 0.6) is 0 Å². The quantitative estimate of drug-likeness (QED) is 0.759. The lowest BCUT2D eigenvalue weighted by Gasteiger charge is -2.24. The number of rotatable bonds is 2. The summed E-state index contributed by atoms with van der Waals surface area (Å²) in [6.45, 7) is 3.14. The van der Waals surface area contributed by atoms with Gasteiger partial charge in [0.25, 0.3) is 0 Å². The zero-order valence-corrected chi connectivity index (χ0v) is 9.69. The van der Waals surface area contributed by atoms with Gasteiger partial charge in [-0.25, -0.2) is 0 Å². The van der Waals surface area contributed by atoms with Crippen molar-refractivity contribution in [3.05, 3.63) is 35.9 Å². The predicted octanol–water partition coefficient (Wildman–Crippen LogP) is 2.63. The fraction of sp³-hybridized carbons (Fsp3) is 0.500. The first-order valence-corrected chi connectivity index (χ1v) is 6.12. The van der Waals surface area contributed by atoms with E-state index in [0.717, 1.165) is 45.3 Å². The Bertz CT molecular complexity index is 322. The first-order valence-electron chi connectivity index (χ1n) is 6.12. The summed E-state index contributed by atoms with van der Waals surface area (Å²) in [5, 5.41) is 0. The molecule has 0 N–H and O–H groups in total. The van der Waals surface area contributed by atoms with Gasteiger partial charge >= 0.3 is 0 Å². The van der Waals surface area contributed by atoms with Crippen LogP contribution < -0.4 is 0 Å². The summed E-state index contributed by atoms with van der Waals surface area (Å²) < 4.78 is 0. The molecule has 1 heterocycles. The number of carbonyl (C=O) groups is 1. The molecule has 1 aliphatic heterocycles. The molecular weight excluding hydrogens is 198 g/mol. The standard InChI is InChI=1S/C14H19NO/c16-14-8-4-10-15(11-5-9-14)12-13-6-2-1-3-7-13/h1-3,6-7H,4-5,8-12H2. The minimum absolute atomic E-state index is 0.444. The number of Topliss-reactive ketones (excluding diaryl/α,β-unsaturated/α-hetero) is 1. The molecule has 0 amide bonds. The van der Waals surface area contributed by atoms with Crippen LogP contribution in [-0.4, -0.2) is 23.8 Å². The Morgan fingerprint density at radius 3 is 2.25 bits per heavy atom. The zero-order chi connectivity index (χ0) is 11.2. The number of ketones is 1. The number of hydrogen-bond acceptors (Lipinski definition) is 2. The largest absolute Gasteiger partial charge is 0.300 e. The van der Waals surface area contributed by atoms with Crippen LogP contribution in [0.4, 0.5) is 0 Å². The van der Waals surface area contributed by atoms with Crippen molar-refractivity contribution in [1.82, 2.24) is 4.90 Å². The second-order valence-electron chi connectivity index (χ2n) is 4.51. The Kier molecular flexibility index (Phi) is 4.11. The molecule has 1 saturated heterocycles. The molecule has 0 unspecified atom stereocenters. The van der Waals surface area contributed by atoms with E-state index in [4.69, 9.17) is 0 Å². The predicted molar refractivity (Wildman–Crippen MR) is 65.2 cm³/mol. The van der Waals surface area contributed by atoms with Gasteiger partial charge in [0.2, 0.25) is 0 Å². The molecule has 1 fully saturated rings. The van der Waals surface area contributed by atoms with E-state index in [9.17, 15) is 4.79 Å². The van der Waals surface area contributed by atoms with Crippen molar-refractivity contribution in [1.29, 1.82) is 0 Å². The number of benzene rings is 1. The maximum Gasteiger partial charge on any atom is 0.133 e. The highest BCUT2D eigenvalue weighted by Gasteiger charge is 2.12. The maximum atomic E-state index is 11.3. The zero-order valence-electron chi connectivity index (χ0n) is 9.69. The summed E-state index contributed by atoms with van der Waals surface area (Å²) in [7, 11) is 0. The van der Waals surface area contributed by atoms with Crippen molar-refractivity contribution >= 4 is 5.78 Å². The normalized spacial score (nSPS) is 19.1. The van der Waals surface area contributed by atoms with Crippen LogP contribution >= 0.6 is 0 Å². The fourth-order valence-corrected chi connectivity index (χ4v) is 2.24. The Labute approximate surface area is 97.3 Å². The molecular formula is C14H19NO. The first-order chi connectivity index (χ1) is 7.84. The lowest BCUT2D eigenvalue weighted by molar-refractivity contribution is -0.119. The highest BCUT2D eigenvalue weighted by molar-refractivity contribution is 5.78. The second kappa shape index (κ2) is 5.80. The van der Waals surface area contributed by atoms with Crippen LogP contribution in [0.1, 0.15) is 31.2 Å². The van der Waals surface area contributed by atoms with Gasteiger partial charge in [0.05, 0.1) is 0 Å². The number of hydrogen-bond donors (Lipinski definition) is 0. The van der Waals surface area contributed by atoms with E-state index in [-0.39, 0.29) is 0 Å². The molecule has 0 aromatic heterocycles. The summed E-state index contributed by atoms with van der Waals surface area (Å²) in [6.07, 6.45) is 3.58. The van der Waals surface area contributed by atoms with Crippen LogP contribution in [0.15, 0.2) is 30.3 Å². The third-order valence-electron chi connectivity index (χ3n) is 3.11. The van der Waals surface area contributed by atoms with Gasteiger partial charge in [0.15, 0.2) is 0 Å². The van der Waals surface area contributed by atoms with Gasteiger partial charge in [-0.15, -0.1) is 0 Å². The van der Waals surface area contributed by atoms with E-state index in [1.165, 1.54) is 5.56 Å². The van der Waals surface area contributed by atoms with Gasteiger partial charge in [0, 0.05) is 19.4 Å². The van der Waals surface area contributed by atoms with Crippen LogP contribution in [0.25, 0.3) is 0 Å². The van der Waals surface area contributed by atoms with Gasteiger partial charge < -0.3 is 0 Å². The van der Waals surface area contributed by atoms with Crippen molar-refractivity contribution in [3.8, 4) is 0 Å². The molecule has 2 heteroatoms. The molecule has 0 bridgehead atoms. The minimum Gasteiger partial charge on any atom is -0.300 e. The Morgan fingerprint density at radius 2 is 1.62 bits per heavy atom. The Morgan fingerprint density at radius 1 is 1.00 bits per heavy atom. The lowest BCUT2D eigenvalue weighted by atomic mass is 10.1. The van der Waals surface area contributed by atoms with Crippen LogP contribution in [0, 0.1) is 0 Å². The summed E-state index contributed by atoms with van der Waals surface area (Å²) in [5.74, 6) is 0.444. The number of carbonyl (C=O) groups excluding carboxylic acids is 1. The van der Waals surface area contributed by atoms with Crippen molar-refractivity contribution in [2.75, 3.05) is 13.1 Å². The maximum absolute atomic E-state index is 11.3. The molecule has 1 aliphatic rings. The van der Waals surface area contributed by atoms with Crippen LogP contribution in [-0.2, 0) is 11.3 Å². The lowest BCUT2D eigenvalue weighted by Crippen LogP contribution is -2.28. The van der Waals surface area contributed by atoms with Crippen LogP contribution in [0.2, 0.25) is 0 Å². The summed E-state index contributed by atoms with van der Waals surface area (Å²) in [6, 6.07) is 10.6. The SMILES string of the molecule is O=C1CCCN(Cc2ccccc2)CCC1. The van der Waals surface area contributed by atoms with Crippen molar-refractivity contribution in [2.45, 2.75) is 32.2 Å². The van der Waals surface area contributed by atoms with Crippen molar-refractivity contribution < 1.29 is 4.79 Å². The molecule has 0 saturated carbocycles. The molecule has 1 aromatic carbocycles. The molecule has 0 atom stereocenters. The van der Waals surface area contributed by atoms with Crippen molar-refractivity contribution in [2.24, 2.45) is 0 Å². The molecule has 0 spiro atoms. The Balaban J connectivity index is 1.87. The minimum atomic E-state index is 0.444. The van der Waals surface area contributed by atoms with Crippen molar-refractivity contribution in [3.63, 3.8) is 0 Å². The third-order valence-corrected chi connectivity index (χ3v) is 3.11. The Hall–Kier alpha value is -1.15. The van der Waals surface area contributed by atoms with Gasteiger partial charge in [-0.3, -0.25) is 9.69 Å². The average molecular weight is 217 g/mol. The highest BCUT2D eigenvalue weighted by Crippen LogP contribution is 2.11. The van der Waals surface area contributed by atoms with Gasteiger partial charge in [-0.05, 0) is 31.5 Å². The molecule has 0 aliphatic carbocycles. The monoisotopic (exact) mass is 217 g/mol. The molecule has 16 heavy (non-hydrogen) atoms. The van der Waals surface area contributed by atoms with E-state index in [2.05, 4.69) is 35.2 Å². The van der Waals surface area contributed by atoms with Gasteiger partial charge in [-0.2, -0.15) is 0 Å². The van der Waals surface area contributed by atoms with E-state index < -0.39 is 0 Å². The highest BCUT2D eigenvalue weighted by atomic mass is 16.1. The summed E-state index contributed by atoms with van der Waals surface area (Å²) in [5.41, 5.74) is 1.37. The molecule has 2 nitrogen and oxygen atoms in total. The van der Waals surface area contributed by atoms with E-state index in [1.54, 1.807) is 0 Å². The number of likely N-dealkylation sites (tertiary alicyclic amines) is 1. The second-order valence-corrected chi connectivity index (χ2v) is 4.51. The molecule has 0 radical (unpaired) electrons. The summed E-state index contributed by atoms with van der Waals surface area (Å²) in [4.78, 5) is 13.7. The topological polar surface area (TPSA) is 20.3 Å². The molecule has 86 valence electrons. The van der Waals surface area contributed by atoms with Gasteiger partial charge in [0.1, 0.15) is 5.78 Å². The van der Waals surface area contributed by atoms with E-state index in [0.29, 0.717) is 5.78 Å². The fourth-order valence-electron chi connectivity index (χ4n) is 2.24. The summed E-state index contributed by atoms with van der Waals surface area (Å²) >= 11 is 0. The molecule has 1 aromatic rings. The average Bonchev–Trinajstić information content (AvgIpc) is 2.27. The van der Waals surface area contributed by atoms with Gasteiger partial charge in [-0.1, -0.05) is 30.3 Å². The van der Waals surface area contributed by atoms with E-state index in [1.807, 2.05) is 0 Å². The van der Waals surface area contributed by atoms with Crippen LogP contribution in [0.3, 0.4) is 0 Å². The first kappa shape index (κ1) is 11.3.